The molecule has 0 spiro atoms. The first-order valence-corrected chi connectivity index (χ1v) is 5.58. The van der Waals surface area contributed by atoms with Gasteiger partial charge in [-0.05, 0) is 43.3 Å². The molecular weight excluding hydrogens is 214 g/mol. The fourth-order valence-corrected chi connectivity index (χ4v) is 1.56. The Morgan fingerprint density at radius 3 is 2.41 bits per heavy atom. The van der Waals surface area contributed by atoms with Gasteiger partial charge in [0.2, 0.25) is 0 Å². The van der Waals surface area contributed by atoms with Gasteiger partial charge in [-0.15, -0.1) is 0 Å². The van der Waals surface area contributed by atoms with Gasteiger partial charge in [0.1, 0.15) is 0 Å². The van der Waals surface area contributed by atoms with Crippen LogP contribution in [0.1, 0.15) is 6.92 Å². The summed E-state index contributed by atoms with van der Waals surface area (Å²) in [5, 5.41) is 5.44. The van der Waals surface area contributed by atoms with Gasteiger partial charge in [0, 0.05) is 30.3 Å². The minimum atomic E-state index is -0.179. The van der Waals surface area contributed by atoms with Gasteiger partial charge in [0.05, 0.1) is 0 Å². The average molecular weight is 229 g/mol. The number of aromatic nitrogens is 1. The summed E-state index contributed by atoms with van der Waals surface area (Å²) in [7, 11) is 0. The van der Waals surface area contributed by atoms with Crippen LogP contribution in [0.25, 0.3) is 5.69 Å². The highest BCUT2D eigenvalue weighted by Crippen LogP contribution is 2.13. The van der Waals surface area contributed by atoms with Crippen LogP contribution in [0.2, 0.25) is 0 Å². The molecule has 0 aliphatic carbocycles. The van der Waals surface area contributed by atoms with Gasteiger partial charge < -0.3 is 15.2 Å². The van der Waals surface area contributed by atoms with E-state index in [-0.39, 0.29) is 6.03 Å². The summed E-state index contributed by atoms with van der Waals surface area (Å²) in [6.45, 7) is 2.50. The van der Waals surface area contributed by atoms with Crippen molar-refractivity contribution in [3.05, 3.63) is 48.8 Å². The van der Waals surface area contributed by atoms with E-state index >= 15 is 0 Å². The van der Waals surface area contributed by atoms with Crippen molar-refractivity contribution in [1.29, 1.82) is 0 Å². The van der Waals surface area contributed by atoms with Gasteiger partial charge in [0.25, 0.3) is 0 Å². The SMILES string of the molecule is CCNC(=O)Nc1ccc(-n2cccc2)cc1. The first-order chi connectivity index (χ1) is 8.29. The zero-order chi connectivity index (χ0) is 12.1. The highest BCUT2D eigenvalue weighted by atomic mass is 16.2. The number of rotatable bonds is 3. The molecule has 0 aliphatic heterocycles. The number of anilines is 1. The van der Waals surface area contributed by atoms with Gasteiger partial charge in [-0.3, -0.25) is 0 Å². The van der Waals surface area contributed by atoms with Crippen LogP contribution >= 0.6 is 0 Å². The predicted octanol–water partition coefficient (Wildman–Crippen LogP) is 2.62. The Kier molecular flexibility index (Phi) is 3.45. The Balaban J connectivity index is 2.06. The standard InChI is InChI=1S/C13H15N3O/c1-2-14-13(17)15-11-5-7-12(8-6-11)16-9-3-4-10-16/h3-10H,2H2,1H3,(H2,14,15,17). The Morgan fingerprint density at radius 2 is 1.82 bits per heavy atom. The van der Waals surface area contributed by atoms with Crippen LogP contribution in [-0.2, 0) is 0 Å². The first-order valence-electron chi connectivity index (χ1n) is 5.58. The molecule has 0 saturated carbocycles. The van der Waals surface area contributed by atoms with E-state index in [0.29, 0.717) is 6.54 Å². The van der Waals surface area contributed by atoms with Crippen molar-refractivity contribution in [1.82, 2.24) is 9.88 Å². The number of nitrogens with zero attached hydrogens (tertiary/aromatic N) is 1. The molecule has 0 saturated heterocycles. The molecule has 2 rings (SSSR count). The predicted molar refractivity (Wildman–Crippen MR) is 68.5 cm³/mol. The van der Waals surface area contributed by atoms with Crippen LogP contribution in [0.3, 0.4) is 0 Å². The van der Waals surface area contributed by atoms with Crippen LogP contribution in [0.5, 0.6) is 0 Å². The zero-order valence-electron chi connectivity index (χ0n) is 9.68. The largest absolute Gasteiger partial charge is 0.338 e. The Hall–Kier alpha value is -2.23. The normalized spacial score (nSPS) is 9.94. The molecular formula is C13H15N3O. The second kappa shape index (κ2) is 5.21. The lowest BCUT2D eigenvalue weighted by Gasteiger charge is -2.07. The molecule has 2 amide bonds. The van der Waals surface area contributed by atoms with E-state index in [1.807, 2.05) is 60.3 Å². The average Bonchev–Trinajstić information content (AvgIpc) is 2.84. The third-order valence-electron chi connectivity index (χ3n) is 2.37. The molecule has 2 N–H and O–H groups in total. The fraction of sp³-hybridized carbons (Fsp3) is 0.154. The summed E-state index contributed by atoms with van der Waals surface area (Å²) >= 11 is 0. The lowest BCUT2D eigenvalue weighted by atomic mass is 10.3. The highest BCUT2D eigenvalue weighted by molar-refractivity contribution is 5.89. The summed E-state index contributed by atoms with van der Waals surface area (Å²) in [5.74, 6) is 0. The summed E-state index contributed by atoms with van der Waals surface area (Å²) in [6, 6.07) is 11.4. The van der Waals surface area contributed by atoms with Crippen molar-refractivity contribution < 1.29 is 4.79 Å². The number of carbonyl (C=O) groups is 1. The van der Waals surface area contributed by atoms with Crippen LogP contribution in [0, 0.1) is 0 Å². The maximum Gasteiger partial charge on any atom is 0.319 e. The van der Waals surface area contributed by atoms with E-state index in [0.717, 1.165) is 11.4 Å². The summed E-state index contributed by atoms with van der Waals surface area (Å²) in [5.41, 5.74) is 1.85. The maximum absolute atomic E-state index is 11.3. The van der Waals surface area contributed by atoms with Crippen molar-refractivity contribution in [2.24, 2.45) is 0 Å². The zero-order valence-corrected chi connectivity index (χ0v) is 9.68. The van der Waals surface area contributed by atoms with E-state index in [1.165, 1.54) is 0 Å². The van der Waals surface area contributed by atoms with E-state index < -0.39 is 0 Å². The van der Waals surface area contributed by atoms with E-state index in [2.05, 4.69) is 10.6 Å². The van der Waals surface area contributed by atoms with E-state index in [4.69, 9.17) is 0 Å². The number of carbonyl (C=O) groups excluding carboxylic acids is 1. The van der Waals surface area contributed by atoms with Crippen molar-refractivity contribution >= 4 is 11.7 Å². The summed E-state index contributed by atoms with van der Waals surface area (Å²) in [6.07, 6.45) is 3.96. The maximum atomic E-state index is 11.3. The number of nitrogens with one attached hydrogen (secondary N) is 2. The minimum absolute atomic E-state index is 0.179. The molecule has 4 heteroatoms. The molecule has 0 fully saturated rings. The molecule has 2 aromatic rings. The van der Waals surface area contributed by atoms with Crippen molar-refractivity contribution in [3.8, 4) is 5.69 Å². The molecule has 0 radical (unpaired) electrons. The van der Waals surface area contributed by atoms with Crippen LogP contribution in [0.4, 0.5) is 10.5 Å². The molecule has 4 nitrogen and oxygen atoms in total. The van der Waals surface area contributed by atoms with E-state index in [9.17, 15) is 4.79 Å². The topological polar surface area (TPSA) is 46.1 Å². The van der Waals surface area contributed by atoms with Gasteiger partial charge in [-0.2, -0.15) is 0 Å². The van der Waals surface area contributed by atoms with Crippen molar-refractivity contribution in [3.63, 3.8) is 0 Å². The van der Waals surface area contributed by atoms with Crippen molar-refractivity contribution in [2.45, 2.75) is 6.92 Å². The molecule has 1 aromatic carbocycles. The third-order valence-corrected chi connectivity index (χ3v) is 2.37. The molecule has 1 heterocycles. The third kappa shape index (κ3) is 2.87. The second-order valence-corrected chi connectivity index (χ2v) is 3.62. The molecule has 0 bridgehead atoms. The molecule has 0 unspecified atom stereocenters. The Bertz CT molecular complexity index is 474. The smallest absolute Gasteiger partial charge is 0.319 e. The number of urea groups is 1. The molecule has 0 aliphatic rings. The molecule has 88 valence electrons. The lowest BCUT2D eigenvalue weighted by Crippen LogP contribution is -2.28. The van der Waals surface area contributed by atoms with Gasteiger partial charge in [0.15, 0.2) is 0 Å². The molecule has 0 atom stereocenters. The molecule has 1 aromatic heterocycles. The minimum Gasteiger partial charge on any atom is -0.338 e. The van der Waals surface area contributed by atoms with E-state index in [1.54, 1.807) is 0 Å². The number of amides is 2. The van der Waals surface area contributed by atoms with Gasteiger partial charge in [-0.25, -0.2) is 4.79 Å². The van der Waals surface area contributed by atoms with Crippen LogP contribution in [-0.4, -0.2) is 17.1 Å². The Morgan fingerprint density at radius 1 is 1.18 bits per heavy atom. The summed E-state index contributed by atoms with van der Waals surface area (Å²) in [4.78, 5) is 11.3. The number of hydrogen-bond donors (Lipinski definition) is 2. The number of hydrogen-bond acceptors (Lipinski definition) is 1. The van der Waals surface area contributed by atoms with Crippen molar-refractivity contribution in [2.75, 3.05) is 11.9 Å². The monoisotopic (exact) mass is 229 g/mol. The van der Waals surface area contributed by atoms with Gasteiger partial charge in [-0.1, -0.05) is 0 Å². The lowest BCUT2D eigenvalue weighted by molar-refractivity contribution is 0.252. The summed E-state index contributed by atoms with van der Waals surface area (Å²) < 4.78 is 2.01. The quantitative estimate of drug-likeness (QED) is 0.835. The van der Waals surface area contributed by atoms with Gasteiger partial charge >= 0.3 is 6.03 Å². The Labute approximate surface area is 100 Å². The molecule has 17 heavy (non-hydrogen) atoms. The van der Waals surface area contributed by atoms with Crippen LogP contribution < -0.4 is 10.6 Å². The fourth-order valence-electron chi connectivity index (χ4n) is 1.56. The first kappa shape index (κ1) is 11.3. The number of benzene rings is 1. The highest BCUT2D eigenvalue weighted by Gasteiger charge is 2.00. The van der Waals surface area contributed by atoms with Crippen LogP contribution in [0.15, 0.2) is 48.8 Å². The second-order valence-electron chi connectivity index (χ2n) is 3.62.